The lowest BCUT2D eigenvalue weighted by Crippen LogP contribution is -2.45. The van der Waals surface area contributed by atoms with Crippen molar-refractivity contribution < 1.29 is 0 Å². The number of piperazine rings is 1. The maximum Gasteiger partial charge on any atom is 0.0398 e. The molecule has 3 rings (SSSR count). The number of anilines is 1. The summed E-state index contributed by atoms with van der Waals surface area (Å²) < 4.78 is 0. The lowest BCUT2D eigenvalue weighted by atomic mass is 10.1. The molecule has 0 saturated carbocycles. The molecular weight excluding hydrogens is 222 g/mol. The Morgan fingerprint density at radius 2 is 1.67 bits per heavy atom. The predicted molar refractivity (Wildman–Crippen MR) is 74.2 cm³/mol. The largest absolute Gasteiger partial charge is 0.368 e. The van der Waals surface area contributed by atoms with Crippen molar-refractivity contribution in [3.63, 3.8) is 0 Å². The van der Waals surface area contributed by atoms with Crippen LogP contribution in [0.15, 0.2) is 48.5 Å². The molecule has 0 unspecified atom stereocenters. The minimum atomic E-state index is 1.07. The molecule has 2 aliphatic rings. The number of rotatable bonds is 2. The Balaban J connectivity index is 1.61. The van der Waals surface area contributed by atoms with Gasteiger partial charge in [-0.1, -0.05) is 12.2 Å². The van der Waals surface area contributed by atoms with Crippen molar-refractivity contribution in [1.29, 1.82) is 0 Å². The quantitative estimate of drug-likeness (QED) is 0.790. The third-order valence-corrected chi connectivity index (χ3v) is 3.54. The average Bonchev–Trinajstić information content (AvgIpc) is 2.49. The second-order valence-electron chi connectivity index (χ2n) is 4.64. The van der Waals surface area contributed by atoms with Crippen LogP contribution in [0.25, 0.3) is 0 Å². The zero-order chi connectivity index (χ0) is 12.2. The SMILES string of the molecule is [CH]1C=CC(N2CCN(c3ccncc3)CC2)=CC1. The molecule has 0 amide bonds. The van der Waals surface area contributed by atoms with E-state index in [0.717, 1.165) is 32.6 Å². The fourth-order valence-electron chi connectivity index (χ4n) is 2.51. The molecule has 2 heterocycles. The van der Waals surface area contributed by atoms with Gasteiger partial charge in [0.1, 0.15) is 0 Å². The molecule has 93 valence electrons. The van der Waals surface area contributed by atoms with E-state index in [2.05, 4.69) is 51.6 Å². The van der Waals surface area contributed by atoms with Crippen LogP contribution in [0.3, 0.4) is 0 Å². The van der Waals surface area contributed by atoms with Crippen molar-refractivity contribution in [2.45, 2.75) is 6.42 Å². The molecule has 0 aromatic carbocycles. The first kappa shape index (κ1) is 11.3. The molecular formula is C15H18N3. The summed E-state index contributed by atoms with van der Waals surface area (Å²) in [4.78, 5) is 8.97. The van der Waals surface area contributed by atoms with Gasteiger partial charge in [0, 0.05) is 50.0 Å². The molecule has 1 aliphatic heterocycles. The highest BCUT2D eigenvalue weighted by Crippen LogP contribution is 2.19. The molecule has 3 nitrogen and oxygen atoms in total. The van der Waals surface area contributed by atoms with Crippen molar-refractivity contribution in [3.8, 4) is 0 Å². The van der Waals surface area contributed by atoms with Crippen LogP contribution in [-0.2, 0) is 0 Å². The van der Waals surface area contributed by atoms with E-state index in [1.54, 1.807) is 0 Å². The van der Waals surface area contributed by atoms with E-state index in [1.807, 2.05) is 12.4 Å². The first-order valence-corrected chi connectivity index (χ1v) is 6.53. The van der Waals surface area contributed by atoms with Crippen LogP contribution < -0.4 is 4.90 Å². The average molecular weight is 240 g/mol. The molecule has 18 heavy (non-hydrogen) atoms. The molecule has 1 fully saturated rings. The first-order valence-electron chi connectivity index (χ1n) is 6.53. The van der Waals surface area contributed by atoms with Crippen LogP contribution in [0.1, 0.15) is 6.42 Å². The standard InChI is InChI=1S/C15H18N3/c1-2-4-14(5-3-1)17-10-12-18(13-11-17)15-6-8-16-9-7-15/h1-2,4-9H,3,10-13H2. The third kappa shape index (κ3) is 2.40. The Bertz CT molecular complexity index is 442. The van der Waals surface area contributed by atoms with Gasteiger partial charge in [0.05, 0.1) is 0 Å². The van der Waals surface area contributed by atoms with Gasteiger partial charge in [-0.2, -0.15) is 0 Å². The number of nitrogens with zero attached hydrogens (tertiary/aromatic N) is 3. The van der Waals surface area contributed by atoms with Crippen LogP contribution in [0, 0.1) is 6.42 Å². The van der Waals surface area contributed by atoms with Crippen LogP contribution in [-0.4, -0.2) is 36.1 Å². The van der Waals surface area contributed by atoms with Gasteiger partial charge in [0.15, 0.2) is 0 Å². The fourth-order valence-corrected chi connectivity index (χ4v) is 2.51. The van der Waals surface area contributed by atoms with Gasteiger partial charge < -0.3 is 9.80 Å². The molecule has 1 aliphatic carbocycles. The van der Waals surface area contributed by atoms with E-state index in [-0.39, 0.29) is 0 Å². The van der Waals surface area contributed by atoms with Gasteiger partial charge in [0.2, 0.25) is 0 Å². The Labute approximate surface area is 108 Å². The fraction of sp³-hybridized carbons (Fsp3) is 0.333. The summed E-state index contributed by atoms with van der Waals surface area (Å²) in [7, 11) is 0. The number of hydrogen-bond acceptors (Lipinski definition) is 3. The monoisotopic (exact) mass is 240 g/mol. The highest BCUT2D eigenvalue weighted by molar-refractivity contribution is 5.45. The van der Waals surface area contributed by atoms with Crippen molar-refractivity contribution in [2.75, 3.05) is 31.1 Å². The Kier molecular flexibility index (Phi) is 3.31. The van der Waals surface area contributed by atoms with Crippen molar-refractivity contribution in [1.82, 2.24) is 9.88 Å². The summed E-state index contributed by atoms with van der Waals surface area (Å²) in [6.45, 7) is 4.36. The van der Waals surface area contributed by atoms with Crippen molar-refractivity contribution in [3.05, 3.63) is 54.9 Å². The van der Waals surface area contributed by atoms with Gasteiger partial charge >= 0.3 is 0 Å². The van der Waals surface area contributed by atoms with E-state index in [1.165, 1.54) is 11.4 Å². The van der Waals surface area contributed by atoms with Gasteiger partial charge in [-0.25, -0.2) is 0 Å². The summed E-state index contributed by atoms with van der Waals surface area (Å²) in [5, 5.41) is 0. The van der Waals surface area contributed by atoms with Gasteiger partial charge in [-0.05, 0) is 31.1 Å². The van der Waals surface area contributed by atoms with E-state index >= 15 is 0 Å². The molecule has 0 N–H and O–H groups in total. The third-order valence-electron chi connectivity index (χ3n) is 3.54. The minimum Gasteiger partial charge on any atom is -0.368 e. The zero-order valence-electron chi connectivity index (χ0n) is 10.5. The highest BCUT2D eigenvalue weighted by atomic mass is 15.3. The lowest BCUT2D eigenvalue weighted by Gasteiger charge is -2.38. The molecule has 0 atom stereocenters. The second-order valence-corrected chi connectivity index (χ2v) is 4.64. The van der Waals surface area contributed by atoms with E-state index in [4.69, 9.17) is 0 Å². The van der Waals surface area contributed by atoms with E-state index in [0.29, 0.717) is 0 Å². The number of aromatic nitrogens is 1. The molecule has 3 heteroatoms. The van der Waals surface area contributed by atoms with Gasteiger partial charge in [0.25, 0.3) is 0 Å². The summed E-state index contributed by atoms with van der Waals surface area (Å²) in [6.07, 6.45) is 13.7. The maximum atomic E-state index is 4.07. The lowest BCUT2D eigenvalue weighted by molar-refractivity contribution is 0.329. The Morgan fingerprint density at radius 1 is 0.944 bits per heavy atom. The normalized spacial score (nSPS) is 19.9. The van der Waals surface area contributed by atoms with E-state index < -0.39 is 0 Å². The summed E-state index contributed by atoms with van der Waals surface area (Å²) in [5.41, 5.74) is 2.66. The number of allylic oxidation sites excluding steroid dienone is 3. The van der Waals surface area contributed by atoms with Crippen molar-refractivity contribution >= 4 is 5.69 Å². The topological polar surface area (TPSA) is 19.4 Å². The maximum absolute atomic E-state index is 4.07. The Hall–Kier alpha value is -1.77. The zero-order valence-corrected chi connectivity index (χ0v) is 10.5. The molecule has 0 spiro atoms. The van der Waals surface area contributed by atoms with E-state index in [9.17, 15) is 0 Å². The number of pyridine rings is 1. The summed E-state index contributed by atoms with van der Waals surface area (Å²) in [6, 6.07) is 4.18. The second kappa shape index (κ2) is 5.25. The first-order chi connectivity index (χ1) is 8.93. The van der Waals surface area contributed by atoms with Gasteiger partial charge in [-0.15, -0.1) is 0 Å². The van der Waals surface area contributed by atoms with Crippen molar-refractivity contribution in [2.24, 2.45) is 0 Å². The van der Waals surface area contributed by atoms with Crippen LogP contribution >= 0.6 is 0 Å². The minimum absolute atomic E-state index is 1.07. The van der Waals surface area contributed by atoms with Crippen LogP contribution in [0.2, 0.25) is 0 Å². The van der Waals surface area contributed by atoms with Crippen LogP contribution in [0.5, 0.6) is 0 Å². The smallest absolute Gasteiger partial charge is 0.0398 e. The number of hydrogen-bond donors (Lipinski definition) is 0. The highest BCUT2D eigenvalue weighted by Gasteiger charge is 2.18. The Morgan fingerprint density at radius 3 is 2.33 bits per heavy atom. The summed E-state index contributed by atoms with van der Waals surface area (Å²) in [5.74, 6) is 0. The van der Waals surface area contributed by atoms with Crippen LogP contribution in [0.4, 0.5) is 5.69 Å². The predicted octanol–water partition coefficient (Wildman–Crippen LogP) is 2.25. The molecule has 1 aromatic heterocycles. The van der Waals surface area contributed by atoms with Gasteiger partial charge in [-0.3, -0.25) is 4.98 Å². The summed E-state index contributed by atoms with van der Waals surface area (Å²) >= 11 is 0. The molecule has 0 bridgehead atoms. The molecule has 1 radical (unpaired) electrons. The molecule has 1 saturated heterocycles. The molecule has 1 aromatic rings.